The zero-order valence-electron chi connectivity index (χ0n) is 11.8. The first-order chi connectivity index (χ1) is 10.3. The van der Waals surface area contributed by atoms with Gasteiger partial charge in [0.2, 0.25) is 0 Å². The van der Waals surface area contributed by atoms with E-state index in [9.17, 15) is 0 Å². The van der Waals surface area contributed by atoms with Crippen LogP contribution >= 0.6 is 0 Å². The van der Waals surface area contributed by atoms with Crippen molar-refractivity contribution in [3.63, 3.8) is 0 Å². The Labute approximate surface area is 123 Å². The second kappa shape index (κ2) is 4.90. The molecule has 3 aromatic rings. The Morgan fingerprint density at radius 1 is 1.19 bits per heavy atom. The minimum atomic E-state index is 0.746. The first-order valence-corrected chi connectivity index (χ1v) is 7.34. The monoisotopic (exact) mass is 278 g/mol. The van der Waals surface area contributed by atoms with Crippen molar-refractivity contribution in [3.05, 3.63) is 48.3 Å². The fraction of sp³-hybridized carbons (Fsp3) is 0.235. The van der Waals surface area contributed by atoms with Gasteiger partial charge in [0.05, 0.1) is 5.69 Å². The number of H-pyrrole nitrogens is 1. The quantitative estimate of drug-likeness (QED) is 0.774. The van der Waals surface area contributed by atoms with E-state index in [4.69, 9.17) is 5.73 Å². The van der Waals surface area contributed by atoms with Crippen LogP contribution in [0.3, 0.4) is 0 Å². The number of aromatic amines is 1. The molecule has 2 aromatic heterocycles. The second-order valence-corrected chi connectivity index (χ2v) is 5.69. The van der Waals surface area contributed by atoms with Crippen molar-refractivity contribution in [2.24, 2.45) is 0 Å². The van der Waals surface area contributed by atoms with E-state index in [2.05, 4.69) is 45.2 Å². The highest BCUT2D eigenvalue weighted by atomic mass is 15.2. The van der Waals surface area contributed by atoms with Crippen molar-refractivity contribution in [3.8, 4) is 11.1 Å². The van der Waals surface area contributed by atoms with Gasteiger partial charge in [-0.25, -0.2) is 4.98 Å². The summed E-state index contributed by atoms with van der Waals surface area (Å²) in [6, 6.07) is 10.8. The molecule has 1 aromatic carbocycles. The van der Waals surface area contributed by atoms with Gasteiger partial charge in [0, 0.05) is 29.9 Å². The zero-order chi connectivity index (χ0) is 14.2. The van der Waals surface area contributed by atoms with Gasteiger partial charge in [-0.15, -0.1) is 0 Å². The fourth-order valence-corrected chi connectivity index (χ4v) is 2.83. The lowest BCUT2D eigenvalue weighted by atomic mass is 10.0. The Morgan fingerprint density at radius 2 is 2.10 bits per heavy atom. The van der Waals surface area contributed by atoms with Crippen LogP contribution in [-0.4, -0.2) is 28.0 Å². The molecule has 1 aliphatic heterocycles. The maximum Gasteiger partial charge on any atom is 0.139 e. The Morgan fingerprint density at radius 3 is 2.90 bits per heavy atom. The van der Waals surface area contributed by atoms with E-state index in [1.165, 1.54) is 30.6 Å². The van der Waals surface area contributed by atoms with E-state index in [0.29, 0.717) is 0 Å². The Kier molecular flexibility index (Phi) is 2.89. The summed E-state index contributed by atoms with van der Waals surface area (Å²) in [5, 5.41) is 0.987. The summed E-state index contributed by atoms with van der Waals surface area (Å²) in [6.45, 7) is 3.48. The molecule has 0 unspecified atom stereocenters. The van der Waals surface area contributed by atoms with Gasteiger partial charge in [0.15, 0.2) is 0 Å². The fourth-order valence-electron chi connectivity index (χ4n) is 2.83. The van der Waals surface area contributed by atoms with Gasteiger partial charge in [-0.3, -0.25) is 4.90 Å². The molecule has 21 heavy (non-hydrogen) atoms. The van der Waals surface area contributed by atoms with Crippen molar-refractivity contribution in [1.82, 2.24) is 14.9 Å². The highest BCUT2D eigenvalue weighted by Gasteiger charge is 2.14. The third-order valence-corrected chi connectivity index (χ3v) is 4.18. The third-order valence-electron chi connectivity index (χ3n) is 4.18. The number of aromatic nitrogens is 2. The number of rotatable bonds is 3. The number of nitrogens with zero attached hydrogens (tertiary/aromatic N) is 2. The summed E-state index contributed by atoms with van der Waals surface area (Å²) in [7, 11) is 0. The Balaban J connectivity index is 1.69. The van der Waals surface area contributed by atoms with E-state index in [-0.39, 0.29) is 0 Å². The van der Waals surface area contributed by atoms with Gasteiger partial charge in [-0.05, 0) is 42.8 Å². The molecule has 106 valence electrons. The number of nitrogens with two attached hydrogens (primary N) is 1. The lowest BCUT2D eigenvalue weighted by Gasteiger charge is -2.30. The van der Waals surface area contributed by atoms with Crippen LogP contribution in [0.1, 0.15) is 12.0 Å². The number of likely N-dealkylation sites (tertiary alicyclic amines) is 1. The van der Waals surface area contributed by atoms with Gasteiger partial charge in [0.1, 0.15) is 5.65 Å². The summed E-state index contributed by atoms with van der Waals surface area (Å²) in [6.07, 6.45) is 5.02. The molecule has 4 rings (SSSR count). The van der Waals surface area contributed by atoms with Crippen LogP contribution in [0.5, 0.6) is 0 Å². The molecule has 0 amide bonds. The van der Waals surface area contributed by atoms with Crippen LogP contribution in [0.25, 0.3) is 22.2 Å². The summed E-state index contributed by atoms with van der Waals surface area (Å²) in [5.74, 6) is 0. The van der Waals surface area contributed by atoms with Gasteiger partial charge in [-0.1, -0.05) is 18.2 Å². The summed E-state index contributed by atoms with van der Waals surface area (Å²) < 4.78 is 0. The van der Waals surface area contributed by atoms with E-state index < -0.39 is 0 Å². The summed E-state index contributed by atoms with van der Waals surface area (Å²) in [4.78, 5) is 9.99. The van der Waals surface area contributed by atoms with E-state index in [1.807, 2.05) is 6.20 Å². The molecule has 0 aliphatic carbocycles. The first-order valence-electron chi connectivity index (χ1n) is 7.34. The maximum absolute atomic E-state index is 5.97. The predicted molar refractivity (Wildman–Crippen MR) is 85.8 cm³/mol. The van der Waals surface area contributed by atoms with Gasteiger partial charge in [0.25, 0.3) is 0 Å². The van der Waals surface area contributed by atoms with Crippen LogP contribution in [0.2, 0.25) is 0 Å². The van der Waals surface area contributed by atoms with Gasteiger partial charge < -0.3 is 10.7 Å². The van der Waals surface area contributed by atoms with Gasteiger partial charge in [-0.2, -0.15) is 0 Å². The first kappa shape index (κ1) is 12.4. The molecule has 0 atom stereocenters. The molecule has 0 bridgehead atoms. The molecule has 1 aliphatic rings. The lowest BCUT2D eigenvalue weighted by Crippen LogP contribution is -2.36. The van der Waals surface area contributed by atoms with Crippen LogP contribution in [0.15, 0.2) is 42.7 Å². The SMILES string of the molecule is Nc1c[nH]c2ncc(-c3cccc(CN4CCC4)c3)cc12. The third kappa shape index (κ3) is 2.28. The molecule has 4 heteroatoms. The Hall–Kier alpha value is -2.33. The number of hydrogen-bond donors (Lipinski definition) is 2. The Bertz CT molecular complexity index is 786. The molecule has 3 N–H and O–H groups in total. The minimum Gasteiger partial charge on any atom is -0.397 e. The number of benzene rings is 1. The minimum absolute atomic E-state index is 0.746. The normalized spacial score (nSPS) is 15.2. The standard InChI is InChI=1S/C17H18N4/c18-16-10-20-17-15(16)8-14(9-19-17)13-4-1-3-12(7-13)11-21-5-2-6-21/h1,3-4,7-10H,2,5-6,11,18H2,(H,19,20). The molecule has 3 heterocycles. The second-order valence-electron chi connectivity index (χ2n) is 5.69. The van der Waals surface area contributed by atoms with Crippen molar-refractivity contribution in [1.29, 1.82) is 0 Å². The number of nitrogens with one attached hydrogen (secondary N) is 1. The van der Waals surface area contributed by atoms with E-state index >= 15 is 0 Å². The number of pyridine rings is 1. The molecular formula is C17H18N4. The number of fused-ring (bicyclic) bond motifs is 1. The van der Waals surface area contributed by atoms with Crippen molar-refractivity contribution >= 4 is 16.7 Å². The topological polar surface area (TPSA) is 57.9 Å². The van der Waals surface area contributed by atoms with Crippen LogP contribution < -0.4 is 5.73 Å². The highest BCUT2D eigenvalue weighted by molar-refractivity contribution is 5.91. The predicted octanol–water partition coefficient (Wildman–Crippen LogP) is 3.02. The summed E-state index contributed by atoms with van der Waals surface area (Å²) >= 11 is 0. The zero-order valence-corrected chi connectivity index (χ0v) is 11.8. The maximum atomic E-state index is 5.97. The van der Waals surface area contributed by atoms with Crippen LogP contribution in [0.4, 0.5) is 5.69 Å². The number of nitrogen functional groups attached to an aromatic ring is 1. The molecule has 1 saturated heterocycles. The number of anilines is 1. The van der Waals surface area contributed by atoms with Crippen molar-refractivity contribution < 1.29 is 0 Å². The van der Waals surface area contributed by atoms with E-state index in [1.54, 1.807) is 6.20 Å². The molecule has 0 spiro atoms. The molecule has 1 fully saturated rings. The van der Waals surface area contributed by atoms with Crippen molar-refractivity contribution in [2.75, 3.05) is 18.8 Å². The van der Waals surface area contributed by atoms with E-state index in [0.717, 1.165) is 28.8 Å². The molecule has 0 radical (unpaired) electrons. The largest absolute Gasteiger partial charge is 0.397 e. The molecule has 0 saturated carbocycles. The average molecular weight is 278 g/mol. The van der Waals surface area contributed by atoms with Crippen molar-refractivity contribution in [2.45, 2.75) is 13.0 Å². The van der Waals surface area contributed by atoms with Gasteiger partial charge >= 0.3 is 0 Å². The highest BCUT2D eigenvalue weighted by Crippen LogP contribution is 2.26. The molecular weight excluding hydrogens is 260 g/mol. The average Bonchev–Trinajstić information content (AvgIpc) is 2.84. The smallest absolute Gasteiger partial charge is 0.139 e. The summed E-state index contributed by atoms with van der Waals surface area (Å²) in [5.41, 5.74) is 11.2. The molecule has 4 nitrogen and oxygen atoms in total. The van der Waals surface area contributed by atoms with Crippen LogP contribution in [0, 0.1) is 0 Å². The lowest BCUT2D eigenvalue weighted by molar-refractivity contribution is 0.172. The van der Waals surface area contributed by atoms with Crippen LogP contribution in [-0.2, 0) is 6.54 Å². The number of hydrogen-bond acceptors (Lipinski definition) is 3.